The van der Waals surface area contributed by atoms with E-state index in [1.54, 1.807) is 0 Å². The zero-order chi connectivity index (χ0) is 12.3. The molecule has 0 unspecified atom stereocenters. The minimum Gasteiger partial charge on any atom is -0.379 e. The van der Waals surface area contributed by atoms with Gasteiger partial charge in [0.25, 0.3) is 0 Å². The lowest BCUT2D eigenvalue weighted by Crippen LogP contribution is -2.06. The number of anilines is 1. The summed E-state index contributed by atoms with van der Waals surface area (Å²) in [7, 11) is 0. The van der Waals surface area contributed by atoms with Gasteiger partial charge in [-0.3, -0.25) is 0 Å². The van der Waals surface area contributed by atoms with Gasteiger partial charge in [-0.1, -0.05) is 11.6 Å². The van der Waals surface area contributed by atoms with Gasteiger partial charge < -0.3 is 9.88 Å². The molecule has 0 bridgehead atoms. The molecule has 0 radical (unpaired) electrons. The monoisotopic (exact) mass is 360 g/mol. The quantitative estimate of drug-likeness (QED) is 0.801. The molecule has 0 amide bonds. The van der Waals surface area contributed by atoms with Crippen molar-refractivity contribution in [3.63, 3.8) is 0 Å². The molecule has 0 saturated heterocycles. The summed E-state index contributed by atoms with van der Waals surface area (Å²) in [6.45, 7) is 3.98. The van der Waals surface area contributed by atoms with Crippen LogP contribution in [-0.4, -0.2) is 4.57 Å². The Morgan fingerprint density at radius 1 is 1.35 bits per heavy atom. The molecule has 4 heteroatoms. The number of aryl methyl sites for hydroxylation is 1. The Kier molecular flexibility index (Phi) is 4.34. The molecule has 2 rings (SSSR count). The molecule has 2 nitrogen and oxygen atoms in total. The smallest absolute Gasteiger partial charge is 0.0553 e. The van der Waals surface area contributed by atoms with Gasteiger partial charge in [0.2, 0.25) is 0 Å². The second kappa shape index (κ2) is 5.78. The molecule has 0 aliphatic carbocycles. The van der Waals surface area contributed by atoms with E-state index in [-0.39, 0.29) is 0 Å². The van der Waals surface area contributed by atoms with E-state index < -0.39 is 0 Å². The molecule has 17 heavy (non-hydrogen) atoms. The summed E-state index contributed by atoms with van der Waals surface area (Å²) in [5, 5.41) is 4.21. The highest BCUT2D eigenvalue weighted by molar-refractivity contribution is 14.1. The Bertz CT molecular complexity index is 508. The fourth-order valence-corrected chi connectivity index (χ4v) is 2.80. The normalized spacial score (nSPS) is 10.5. The molecule has 90 valence electrons. The predicted molar refractivity (Wildman–Crippen MR) is 81.6 cm³/mol. The van der Waals surface area contributed by atoms with Crippen LogP contribution < -0.4 is 5.32 Å². The number of halogens is 2. The maximum atomic E-state index is 5.93. The van der Waals surface area contributed by atoms with E-state index in [2.05, 4.69) is 57.7 Å². The first-order chi connectivity index (χ1) is 8.20. The van der Waals surface area contributed by atoms with Crippen molar-refractivity contribution in [1.29, 1.82) is 0 Å². The maximum absolute atomic E-state index is 5.93. The summed E-state index contributed by atoms with van der Waals surface area (Å²) in [6, 6.07) is 10.1. The van der Waals surface area contributed by atoms with Crippen LogP contribution in [0.15, 0.2) is 36.5 Å². The molecule has 0 aliphatic heterocycles. The zero-order valence-electron chi connectivity index (χ0n) is 9.58. The molecule has 1 N–H and O–H groups in total. The highest BCUT2D eigenvalue weighted by Crippen LogP contribution is 2.22. The third kappa shape index (κ3) is 3.16. The van der Waals surface area contributed by atoms with Crippen LogP contribution in [0.5, 0.6) is 0 Å². The van der Waals surface area contributed by atoms with Crippen molar-refractivity contribution in [2.75, 3.05) is 5.32 Å². The molecular formula is C13H14ClIN2. The molecule has 1 heterocycles. The predicted octanol–water partition coefficient (Wildman–Crippen LogP) is 4.38. The summed E-state index contributed by atoms with van der Waals surface area (Å²) in [6.07, 6.45) is 2.10. The summed E-state index contributed by atoms with van der Waals surface area (Å²) >= 11 is 8.22. The Morgan fingerprint density at radius 2 is 2.18 bits per heavy atom. The maximum Gasteiger partial charge on any atom is 0.0553 e. The van der Waals surface area contributed by atoms with Crippen LogP contribution in [0.3, 0.4) is 0 Å². The van der Waals surface area contributed by atoms with Crippen molar-refractivity contribution in [3.05, 3.63) is 50.8 Å². The van der Waals surface area contributed by atoms with E-state index in [0.717, 1.165) is 27.4 Å². The van der Waals surface area contributed by atoms with E-state index in [0.29, 0.717) is 0 Å². The van der Waals surface area contributed by atoms with Gasteiger partial charge in [0, 0.05) is 32.7 Å². The Morgan fingerprint density at radius 3 is 2.88 bits per heavy atom. The summed E-state index contributed by atoms with van der Waals surface area (Å²) < 4.78 is 3.38. The minimum absolute atomic E-state index is 0.775. The van der Waals surface area contributed by atoms with Crippen molar-refractivity contribution in [1.82, 2.24) is 4.57 Å². The van der Waals surface area contributed by atoms with Gasteiger partial charge in [-0.25, -0.2) is 0 Å². The highest BCUT2D eigenvalue weighted by Gasteiger charge is 2.02. The first-order valence-electron chi connectivity index (χ1n) is 5.53. The van der Waals surface area contributed by atoms with Gasteiger partial charge in [0.15, 0.2) is 0 Å². The number of aromatic nitrogens is 1. The van der Waals surface area contributed by atoms with Gasteiger partial charge in [-0.2, -0.15) is 0 Å². The van der Waals surface area contributed by atoms with Gasteiger partial charge >= 0.3 is 0 Å². The Labute approximate surface area is 120 Å². The second-order valence-electron chi connectivity index (χ2n) is 3.76. The average molecular weight is 361 g/mol. The fourth-order valence-electron chi connectivity index (χ4n) is 1.74. The lowest BCUT2D eigenvalue weighted by atomic mass is 10.3. The van der Waals surface area contributed by atoms with Crippen LogP contribution in [-0.2, 0) is 13.1 Å². The van der Waals surface area contributed by atoms with Crippen molar-refractivity contribution >= 4 is 39.9 Å². The Balaban J connectivity index is 2.07. The molecule has 0 aliphatic rings. The van der Waals surface area contributed by atoms with Crippen molar-refractivity contribution < 1.29 is 0 Å². The van der Waals surface area contributed by atoms with Gasteiger partial charge in [-0.15, -0.1) is 0 Å². The molecule has 0 atom stereocenters. The van der Waals surface area contributed by atoms with Crippen LogP contribution in [0.1, 0.15) is 12.6 Å². The standard InChI is InChI=1S/C13H14ClIN2/c1-2-17-7-3-4-11(17)9-16-13-6-5-10(14)8-12(13)15/h3-8,16H,2,9H2,1H3. The summed E-state index contributed by atoms with van der Waals surface area (Å²) in [4.78, 5) is 0. The Hall–Kier alpha value is -0.680. The summed E-state index contributed by atoms with van der Waals surface area (Å²) in [5.74, 6) is 0. The molecule has 0 spiro atoms. The van der Waals surface area contributed by atoms with Crippen LogP contribution in [0.25, 0.3) is 0 Å². The van der Waals surface area contributed by atoms with Gasteiger partial charge in [-0.05, 0) is 59.8 Å². The van der Waals surface area contributed by atoms with Crippen molar-refractivity contribution in [2.24, 2.45) is 0 Å². The lowest BCUT2D eigenvalue weighted by molar-refractivity contribution is 0.724. The zero-order valence-corrected chi connectivity index (χ0v) is 12.5. The topological polar surface area (TPSA) is 17.0 Å². The van der Waals surface area contributed by atoms with Crippen molar-refractivity contribution in [2.45, 2.75) is 20.0 Å². The number of nitrogens with one attached hydrogen (secondary N) is 1. The number of benzene rings is 1. The third-order valence-electron chi connectivity index (χ3n) is 2.66. The molecule has 1 aromatic heterocycles. The number of nitrogens with zero attached hydrogens (tertiary/aromatic N) is 1. The number of hydrogen-bond acceptors (Lipinski definition) is 1. The van der Waals surface area contributed by atoms with Crippen LogP contribution in [0.4, 0.5) is 5.69 Å². The van der Waals surface area contributed by atoms with E-state index >= 15 is 0 Å². The second-order valence-corrected chi connectivity index (χ2v) is 5.36. The minimum atomic E-state index is 0.775. The SMILES string of the molecule is CCn1cccc1CNc1ccc(Cl)cc1I. The van der Waals surface area contributed by atoms with E-state index in [4.69, 9.17) is 11.6 Å². The molecule has 2 aromatic rings. The molecule has 1 aromatic carbocycles. The van der Waals surface area contributed by atoms with Crippen LogP contribution >= 0.6 is 34.2 Å². The lowest BCUT2D eigenvalue weighted by Gasteiger charge is -2.11. The highest BCUT2D eigenvalue weighted by atomic mass is 127. The first-order valence-corrected chi connectivity index (χ1v) is 6.99. The van der Waals surface area contributed by atoms with E-state index in [9.17, 15) is 0 Å². The first kappa shape index (κ1) is 12.8. The number of rotatable bonds is 4. The van der Waals surface area contributed by atoms with Crippen molar-refractivity contribution in [3.8, 4) is 0 Å². The van der Waals surface area contributed by atoms with Crippen LogP contribution in [0, 0.1) is 3.57 Å². The fraction of sp³-hybridized carbons (Fsp3) is 0.231. The molecule has 0 fully saturated rings. The average Bonchev–Trinajstić information content (AvgIpc) is 2.75. The van der Waals surface area contributed by atoms with Gasteiger partial charge in [0.1, 0.15) is 0 Å². The number of hydrogen-bond donors (Lipinski definition) is 1. The van der Waals surface area contributed by atoms with E-state index in [1.165, 1.54) is 5.69 Å². The third-order valence-corrected chi connectivity index (χ3v) is 3.78. The van der Waals surface area contributed by atoms with E-state index in [1.807, 2.05) is 18.2 Å². The summed E-state index contributed by atoms with van der Waals surface area (Å²) in [5.41, 5.74) is 2.41. The van der Waals surface area contributed by atoms with Gasteiger partial charge in [0.05, 0.1) is 6.54 Å². The van der Waals surface area contributed by atoms with Crippen LogP contribution in [0.2, 0.25) is 5.02 Å². The molecule has 0 saturated carbocycles. The largest absolute Gasteiger partial charge is 0.379 e. The molecular weight excluding hydrogens is 347 g/mol.